The predicted octanol–water partition coefficient (Wildman–Crippen LogP) is 2.54. The van der Waals surface area contributed by atoms with Crippen LogP contribution in [0.5, 0.6) is 0 Å². The van der Waals surface area contributed by atoms with Crippen molar-refractivity contribution in [1.29, 1.82) is 0 Å². The van der Waals surface area contributed by atoms with Gasteiger partial charge >= 0.3 is 5.97 Å². The van der Waals surface area contributed by atoms with Gasteiger partial charge in [0.15, 0.2) is 0 Å². The number of furan rings is 1. The van der Waals surface area contributed by atoms with Crippen LogP contribution in [0.15, 0.2) is 22.7 Å². The second kappa shape index (κ2) is 5.42. The van der Waals surface area contributed by atoms with Gasteiger partial charge in [-0.15, -0.1) is 0 Å². The molecule has 0 aliphatic rings. The highest BCUT2D eigenvalue weighted by Crippen LogP contribution is 2.17. The van der Waals surface area contributed by atoms with Gasteiger partial charge in [-0.05, 0) is 19.1 Å². The molecular weight excluding hydrogens is 284 g/mol. The van der Waals surface area contributed by atoms with E-state index in [4.69, 9.17) is 21.1 Å². The van der Waals surface area contributed by atoms with Gasteiger partial charge < -0.3 is 19.4 Å². The fourth-order valence-corrected chi connectivity index (χ4v) is 2.00. The molecule has 0 saturated carbocycles. The number of nitrogens with zero attached hydrogens (tertiary/aromatic N) is 1. The zero-order valence-corrected chi connectivity index (χ0v) is 11.7. The fourth-order valence-electron chi connectivity index (χ4n) is 1.84. The van der Waals surface area contributed by atoms with Crippen LogP contribution in [0.25, 0.3) is 0 Å². The Hall–Kier alpha value is -2.21. The summed E-state index contributed by atoms with van der Waals surface area (Å²) in [6, 6.07) is 2.94. The molecule has 0 spiro atoms. The van der Waals surface area contributed by atoms with Crippen LogP contribution in [-0.4, -0.2) is 33.9 Å². The number of nitrogens with one attached hydrogen (secondary N) is 1. The number of carboxylic acids is 1. The standard InChI is InChI=1S/C13H13ClN2O4/c1-7-10(13(18)19)4-9(20-7)6-16(2)12(17)11-3-8(14)5-15-11/h3-5,15H,6H2,1-2H3,(H,18,19). The van der Waals surface area contributed by atoms with Gasteiger partial charge in [-0.1, -0.05) is 11.6 Å². The van der Waals surface area contributed by atoms with Crippen LogP contribution in [0.3, 0.4) is 0 Å². The number of halogens is 1. The Kier molecular flexibility index (Phi) is 3.85. The number of H-pyrrole nitrogens is 1. The molecule has 2 rings (SSSR count). The van der Waals surface area contributed by atoms with Gasteiger partial charge in [0, 0.05) is 13.2 Å². The van der Waals surface area contributed by atoms with Gasteiger partial charge in [0.05, 0.1) is 11.6 Å². The average molecular weight is 297 g/mol. The third-order valence-electron chi connectivity index (χ3n) is 2.82. The molecule has 0 unspecified atom stereocenters. The molecule has 0 aliphatic heterocycles. The molecule has 0 aromatic carbocycles. The van der Waals surface area contributed by atoms with Crippen molar-refractivity contribution in [2.45, 2.75) is 13.5 Å². The maximum Gasteiger partial charge on any atom is 0.339 e. The summed E-state index contributed by atoms with van der Waals surface area (Å²) in [5, 5.41) is 9.39. The van der Waals surface area contributed by atoms with Crippen LogP contribution in [0.1, 0.15) is 32.4 Å². The molecule has 2 N–H and O–H groups in total. The minimum Gasteiger partial charge on any atom is -0.478 e. The smallest absolute Gasteiger partial charge is 0.339 e. The average Bonchev–Trinajstić information content (AvgIpc) is 2.94. The molecule has 106 valence electrons. The topological polar surface area (TPSA) is 86.5 Å². The van der Waals surface area contributed by atoms with Crippen LogP contribution in [0.4, 0.5) is 0 Å². The molecule has 6 nitrogen and oxygen atoms in total. The van der Waals surface area contributed by atoms with Crippen molar-refractivity contribution in [1.82, 2.24) is 9.88 Å². The molecule has 0 aliphatic carbocycles. The molecule has 0 bridgehead atoms. The normalized spacial score (nSPS) is 10.6. The summed E-state index contributed by atoms with van der Waals surface area (Å²) in [6.07, 6.45) is 1.52. The maximum atomic E-state index is 12.1. The minimum absolute atomic E-state index is 0.101. The molecular formula is C13H13ClN2O4. The van der Waals surface area contributed by atoms with Gasteiger partial charge in [-0.3, -0.25) is 4.79 Å². The number of carbonyl (C=O) groups excluding carboxylic acids is 1. The first kappa shape index (κ1) is 14.2. The van der Waals surface area contributed by atoms with Crippen LogP contribution in [0.2, 0.25) is 5.02 Å². The molecule has 2 aromatic heterocycles. The zero-order valence-electron chi connectivity index (χ0n) is 10.9. The van der Waals surface area contributed by atoms with Crippen molar-refractivity contribution < 1.29 is 19.1 Å². The van der Waals surface area contributed by atoms with E-state index in [0.717, 1.165) is 0 Å². The lowest BCUT2D eigenvalue weighted by molar-refractivity contribution is 0.0694. The molecule has 20 heavy (non-hydrogen) atoms. The van der Waals surface area contributed by atoms with E-state index in [9.17, 15) is 9.59 Å². The Morgan fingerprint density at radius 1 is 1.45 bits per heavy atom. The lowest BCUT2D eigenvalue weighted by Crippen LogP contribution is -2.26. The summed E-state index contributed by atoms with van der Waals surface area (Å²) >= 11 is 5.74. The van der Waals surface area contributed by atoms with Gasteiger partial charge in [0.2, 0.25) is 0 Å². The lowest BCUT2D eigenvalue weighted by atomic mass is 10.2. The zero-order chi connectivity index (χ0) is 14.9. The first-order chi connectivity index (χ1) is 9.38. The number of aromatic nitrogens is 1. The number of carboxylic acid groups (broad SMARTS) is 1. The highest BCUT2D eigenvalue weighted by atomic mass is 35.5. The second-order valence-corrected chi connectivity index (χ2v) is 4.82. The predicted molar refractivity (Wildman–Crippen MR) is 72.0 cm³/mol. The third kappa shape index (κ3) is 2.85. The SMILES string of the molecule is Cc1oc(CN(C)C(=O)c2cc(Cl)c[nH]2)cc1C(=O)O. The van der Waals surface area contributed by atoms with Crippen molar-refractivity contribution in [2.75, 3.05) is 7.05 Å². The van der Waals surface area contributed by atoms with Crippen LogP contribution in [0, 0.1) is 6.92 Å². The van der Waals surface area contributed by atoms with Crippen molar-refractivity contribution in [2.24, 2.45) is 0 Å². The number of aromatic amines is 1. The fraction of sp³-hybridized carbons (Fsp3) is 0.231. The Bertz CT molecular complexity index is 659. The molecule has 0 atom stereocenters. The highest BCUT2D eigenvalue weighted by molar-refractivity contribution is 6.30. The van der Waals surface area contributed by atoms with Crippen molar-refractivity contribution in [3.05, 3.63) is 46.1 Å². The summed E-state index contributed by atoms with van der Waals surface area (Å²) < 4.78 is 5.33. The molecule has 0 fully saturated rings. The van der Waals surface area contributed by atoms with E-state index in [-0.39, 0.29) is 18.0 Å². The summed E-state index contributed by atoms with van der Waals surface area (Å²) in [5.74, 6) is -0.588. The Morgan fingerprint density at radius 2 is 2.15 bits per heavy atom. The van der Waals surface area contributed by atoms with E-state index in [1.54, 1.807) is 14.0 Å². The van der Waals surface area contributed by atoms with Crippen LogP contribution in [-0.2, 0) is 6.54 Å². The summed E-state index contributed by atoms with van der Waals surface area (Å²) in [7, 11) is 1.59. The van der Waals surface area contributed by atoms with Gasteiger partial charge in [0.25, 0.3) is 5.91 Å². The molecule has 0 radical (unpaired) electrons. The van der Waals surface area contributed by atoms with Crippen LogP contribution >= 0.6 is 11.6 Å². The van der Waals surface area contributed by atoms with E-state index in [0.29, 0.717) is 22.2 Å². The Labute approximate surface area is 119 Å². The molecule has 2 aromatic rings. The summed E-state index contributed by atoms with van der Waals surface area (Å²) in [5.41, 5.74) is 0.461. The Morgan fingerprint density at radius 3 is 2.65 bits per heavy atom. The second-order valence-electron chi connectivity index (χ2n) is 4.38. The molecule has 2 heterocycles. The third-order valence-corrected chi connectivity index (χ3v) is 3.04. The molecule has 1 amide bonds. The number of hydrogen-bond acceptors (Lipinski definition) is 3. The summed E-state index contributed by atoms with van der Waals surface area (Å²) in [4.78, 5) is 27.2. The number of rotatable bonds is 4. The van der Waals surface area contributed by atoms with Crippen molar-refractivity contribution >= 4 is 23.5 Å². The quantitative estimate of drug-likeness (QED) is 0.907. The lowest BCUT2D eigenvalue weighted by Gasteiger charge is -2.14. The van der Waals surface area contributed by atoms with E-state index >= 15 is 0 Å². The van der Waals surface area contributed by atoms with E-state index < -0.39 is 5.97 Å². The number of aryl methyl sites for hydroxylation is 1. The number of amides is 1. The van der Waals surface area contributed by atoms with Crippen molar-refractivity contribution in [3.8, 4) is 0 Å². The minimum atomic E-state index is -1.05. The van der Waals surface area contributed by atoms with Gasteiger partial charge in [0.1, 0.15) is 22.8 Å². The molecule has 0 saturated heterocycles. The Balaban J connectivity index is 2.11. The largest absolute Gasteiger partial charge is 0.478 e. The number of carbonyl (C=O) groups is 2. The first-order valence-corrected chi connectivity index (χ1v) is 6.18. The molecule has 7 heteroatoms. The first-order valence-electron chi connectivity index (χ1n) is 5.80. The number of hydrogen-bond donors (Lipinski definition) is 2. The summed E-state index contributed by atoms with van der Waals surface area (Å²) in [6.45, 7) is 1.74. The van der Waals surface area contributed by atoms with Gasteiger partial charge in [-0.2, -0.15) is 0 Å². The maximum absolute atomic E-state index is 12.1. The van der Waals surface area contributed by atoms with Crippen molar-refractivity contribution in [3.63, 3.8) is 0 Å². The van der Waals surface area contributed by atoms with Gasteiger partial charge in [-0.25, -0.2) is 4.79 Å². The van der Waals surface area contributed by atoms with E-state index in [1.165, 1.54) is 23.2 Å². The van der Waals surface area contributed by atoms with E-state index in [1.807, 2.05) is 0 Å². The van der Waals surface area contributed by atoms with E-state index in [2.05, 4.69) is 4.98 Å². The van der Waals surface area contributed by atoms with Crippen LogP contribution < -0.4 is 0 Å². The highest BCUT2D eigenvalue weighted by Gasteiger charge is 2.18. The number of aromatic carboxylic acids is 1. The monoisotopic (exact) mass is 296 g/mol.